The molecule has 152 valence electrons. The molecule has 0 saturated heterocycles. The number of H-pyrrole nitrogens is 1. The Morgan fingerprint density at radius 1 is 1.03 bits per heavy atom. The van der Waals surface area contributed by atoms with Gasteiger partial charge in [-0.05, 0) is 55.0 Å². The fraction of sp³-hybridized carbons (Fsp3) is 0.174. The summed E-state index contributed by atoms with van der Waals surface area (Å²) >= 11 is 5.40. The summed E-state index contributed by atoms with van der Waals surface area (Å²) in [5.41, 5.74) is 1.78. The van der Waals surface area contributed by atoms with Gasteiger partial charge in [-0.1, -0.05) is 42.5 Å². The van der Waals surface area contributed by atoms with Crippen molar-refractivity contribution in [2.75, 3.05) is 13.2 Å². The average Bonchev–Trinajstić information content (AvgIpc) is 3.14. The highest BCUT2D eigenvalue weighted by Crippen LogP contribution is 2.30. The molecule has 0 aliphatic heterocycles. The van der Waals surface area contributed by atoms with Crippen molar-refractivity contribution in [3.05, 3.63) is 71.0 Å². The second-order valence-electron chi connectivity index (χ2n) is 6.50. The maximum atomic E-state index is 5.87. The van der Waals surface area contributed by atoms with E-state index in [9.17, 15) is 0 Å². The quantitative estimate of drug-likeness (QED) is 0.321. The van der Waals surface area contributed by atoms with Gasteiger partial charge in [-0.25, -0.2) is 5.10 Å². The third kappa shape index (κ3) is 3.97. The van der Waals surface area contributed by atoms with Crippen molar-refractivity contribution in [3.8, 4) is 22.9 Å². The van der Waals surface area contributed by atoms with Crippen molar-refractivity contribution in [2.24, 2.45) is 5.10 Å². The molecule has 0 amide bonds. The van der Waals surface area contributed by atoms with Crippen LogP contribution in [-0.4, -0.2) is 34.3 Å². The Hall–Kier alpha value is -3.45. The maximum Gasteiger partial charge on any atom is 0.216 e. The van der Waals surface area contributed by atoms with Crippen molar-refractivity contribution in [3.63, 3.8) is 0 Å². The average molecular weight is 419 g/mol. The van der Waals surface area contributed by atoms with Crippen molar-refractivity contribution in [1.29, 1.82) is 0 Å². The normalized spacial score (nSPS) is 11.3. The zero-order valence-electron chi connectivity index (χ0n) is 16.8. The van der Waals surface area contributed by atoms with Gasteiger partial charge >= 0.3 is 0 Å². The smallest absolute Gasteiger partial charge is 0.216 e. The molecule has 0 unspecified atom stereocenters. The monoisotopic (exact) mass is 418 g/mol. The van der Waals surface area contributed by atoms with Crippen LogP contribution in [0.2, 0.25) is 0 Å². The SMILES string of the molecule is CCOc1ccc2ccc(OCC)c(/C=N\n3c(-c4ccccc4)n[nH]c3=S)c2c1. The molecule has 0 fully saturated rings. The van der Waals surface area contributed by atoms with E-state index >= 15 is 0 Å². The summed E-state index contributed by atoms with van der Waals surface area (Å²) in [4.78, 5) is 0. The van der Waals surface area contributed by atoms with Crippen LogP contribution in [0.5, 0.6) is 11.5 Å². The molecular formula is C23H22N4O2S. The van der Waals surface area contributed by atoms with Crippen LogP contribution in [0.1, 0.15) is 19.4 Å². The van der Waals surface area contributed by atoms with E-state index < -0.39 is 0 Å². The fourth-order valence-corrected chi connectivity index (χ4v) is 3.44. The lowest BCUT2D eigenvalue weighted by Gasteiger charge is -2.12. The first-order valence-corrected chi connectivity index (χ1v) is 10.2. The van der Waals surface area contributed by atoms with E-state index in [4.69, 9.17) is 21.7 Å². The lowest BCUT2D eigenvalue weighted by atomic mass is 10.0. The van der Waals surface area contributed by atoms with E-state index in [2.05, 4.69) is 15.3 Å². The Bertz CT molecular complexity index is 1240. The van der Waals surface area contributed by atoms with Gasteiger partial charge in [-0.3, -0.25) is 0 Å². The van der Waals surface area contributed by atoms with Crippen molar-refractivity contribution in [2.45, 2.75) is 13.8 Å². The summed E-state index contributed by atoms with van der Waals surface area (Å²) in [5, 5.41) is 13.9. The molecule has 0 saturated carbocycles. The molecular weight excluding hydrogens is 396 g/mol. The number of aromatic nitrogens is 3. The predicted molar refractivity (Wildman–Crippen MR) is 122 cm³/mol. The zero-order chi connectivity index (χ0) is 20.9. The van der Waals surface area contributed by atoms with Crippen LogP contribution in [0.15, 0.2) is 65.8 Å². The van der Waals surface area contributed by atoms with Crippen molar-refractivity contribution >= 4 is 29.2 Å². The summed E-state index contributed by atoms with van der Waals surface area (Å²) in [7, 11) is 0. The Morgan fingerprint density at radius 2 is 1.80 bits per heavy atom. The molecule has 3 aromatic carbocycles. The minimum atomic E-state index is 0.415. The largest absolute Gasteiger partial charge is 0.494 e. The van der Waals surface area contributed by atoms with Gasteiger partial charge in [-0.2, -0.15) is 14.9 Å². The Morgan fingerprint density at radius 3 is 2.57 bits per heavy atom. The number of hydrogen-bond donors (Lipinski definition) is 1. The number of fused-ring (bicyclic) bond motifs is 1. The molecule has 0 atom stereocenters. The van der Waals surface area contributed by atoms with Crippen LogP contribution in [0.3, 0.4) is 0 Å². The first-order chi connectivity index (χ1) is 14.7. The summed E-state index contributed by atoms with van der Waals surface area (Å²) < 4.78 is 13.6. The molecule has 0 bridgehead atoms. The van der Waals surface area contributed by atoms with E-state index in [0.29, 0.717) is 23.8 Å². The lowest BCUT2D eigenvalue weighted by molar-refractivity contribution is 0.339. The number of nitrogens with zero attached hydrogens (tertiary/aromatic N) is 3. The number of hydrogen-bond acceptors (Lipinski definition) is 5. The number of ether oxygens (including phenoxy) is 2. The molecule has 0 spiro atoms. The van der Waals surface area contributed by atoms with Gasteiger partial charge in [0.1, 0.15) is 11.5 Å². The molecule has 1 N–H and O–H groups in total. The maximum absolute atomic E-state index is 5.87. The van der Waals surface area contributed by atoms with E-state index in [-0.39, 0.29) is 0 Å². The van der Waals surface area contributed by atoms with Gasteiger partial charge in [0.05, 0.1) is 19.4 Å². The zero-order valence-corrected chi connectivity index (χ0v) is 17.6. The molecule has 0 radical (unpaired) electrons. The third-order valence-corrected chi connectivity index (χ3v) is 4.85. The van der Waals surface area contributed by atoms with E-state index in [0.717, 1.165) is 33.4 Å². The van der Waals surface area contributed by atoms with Gasteiger partial charge in [0.15, 0.2) is 5.82 Å². The molecule has 7 heteroatoms. The highest BCUT2D eigenvalue weighted by Gasteiger charge is 2.11. The van der Waals surface area contributed by atoms with Gasteiger partial charge in [-0.15, -0.1) is 0 Å². The number of benzene rings is 3. The summed E-state index contributed by atoms with van der Waals surface area (Å²) in [5.74, 6) is 2.20. The highest BCUT2D eigenvalue weighted by molar-refractivity contribution is 7.71. The molecule has 4 rings (SSSR count). The second kappa shape index (κ2) is 8.92. The Balaban J connectivity index is 1.85. The fourth-order valence-electron chi connectivity index (χ4n) is 3.26. The van der Waals surface area contributed by atoms with E-state index in [1.54, 1.807) is 10.9 Å². The lowest BCUT2D eigenvalue weighted by Crippen LogP contribution is -2.00. The molecule has 1 heterocycles. The summed E-state index contributed by atoms with van der Waals surface area (Å²) in [6.45, 7) is 5.08. The first-order valence-electron chi connectivity index (χ1n) is 9.80. The van der Waals surface area contributed by atoms with Gasteiger partial charge < -0.3 is 9.47 Å². The van der Waals surface area contributed by atoms with E-state index in [1.165, 1.54) is 0 Å². The van der Waals surface area contributed by atoms with Crippen molar-refractivity contribution < 1.29 is 9.47 Å². The Kier molecular flexibility index (Phi) is 5.90. The predicted octanol–water partition coefficient (Wildman–Crippen LogP) is 5.44. The van der Waals surface area contributed by atoms with Crippen LogP contribution >= 0.6 is 12.2 Å². The van der Waals surface area contributed by atoms with Gasteiger partial charge in [0.25, 0.3) is 0 Å². The molecule has 0 aliphatic carbocycles. The first kappa shape index (κ1) is 19.8. The second-order valence-corrected chi connectivity index (χ2v) is 6.89. The highest BCUT2D eigenvalue weighted by atomic mass is 32.1. The topological polar surface area (TPSA) is 64.4 Å². The van der Waals surface area contributed by atoms with Gasteiger partial charge in [0, 0.05) is 11.1 Å². The molecule has 30 heavy (non-hydrogen) atoms. The minimum Gasteiger partial charge on any atom is -0.494 e. The number of rotatable bonds is 7. The van der Waals surface area contributed by atoms with Crippen LogP contribution in [0.4, 0.5) is 0 Å². The van der Waals surface area contributed by atoms with Crippen LogP contribution in [0.25, 0.3) is 22.2 Å². The van der Waals surface area contributed by atoms with E-state index in [1.807, 2.05) is 74.5 Å². The summed E-state index contributed by atoms with van der Waals surface area (Å²) in [6.07, 6.45) is 1.76. The molecule has 4 aromatic rings. The van der Waals surface area contributed by atoms with Crippen LogP contribution in [-0.2, 0) is 0 Å². The van der Waals surface area contributed by atoms with Crippen LogP contribution in [0, 0.1) is 4.77 Å². The molecule has 6 nitrogen and oxygen atoms in total. The standard InChI is InChI=1S/C23H22N4O2S/c1-3-28-18-12-10-16-11-13-21(29-4-2)20(19(16)14-18)15-24-27-22(25-26-23(27)30)17-8-6-5-7-9-17/h5-15H,3-4H2,1-2H3,(H,26,30)/b24-15-. The van der Waals surface area contributed by atoms with Crippen molar-refractivity contribution in [1.82, 2.24) is 14.9 Å². The minimum absolute atomic E-state index is 0.415. The summed E-state index contributed by atoms with van der Waals surface area (Å²) in [6, 6.07) is 19.8. The Labute approximate surface area is 179 Å². The third-order valence-electron chi connectivity index (χ3n) is 4.59. The van der Waals surface area contributed by atoms with Crippen LogP contribution < -0.4 is 9.47 Å². The number of nitrogens with one attached hydrogen (secondary N) is 1. The molecule has 0 aliphatic rings. The molecule has 1 aromatic heterocycles. The number of aromatic amines is 1. The van der Waals surface area contributed by atoms with Gasteiger partial charge in [0.2, 0.25) is 4.77 Å².